The van der Waals surface area contributed by atoms with Crippen LogP contribution in [-0.2, 0) is 16.1 Å². The summed E-state index contributed by atoms with van der Waals surface area (Å²) in [4.78, 5) is 11.6. The molecule has 0 bridgehead atoms. The van der Waals surface area contributed by atoms with Crippen molar-refractivity contribution in [2.75, 3.05) is 7.11 Å². The molecule has 1 atom stereocenters. The van der Waals surface area contributed by atoms with E-state index in [9.17, 15) is 4.79 Å². The van der Waals surface area contributed by atoms with Gasteiger partial charge in [-0.3, -0.25) is 10.1 Å². The van der Waals surface area contributed by atoms with Crippen LogP contribution in [0.4, 0.5) is 0 Å². The van der Waals surface area contributed by atoms with Gasteiger partial charge in [0.2, 0.25) is 0 Å². The van der Waals surface area contributed by atoms with E-state index in [-0.39, 0.29) is 17.4 Å². The van der Waals surface area contributed by atoms with Crippen LogP contribution in [0.5, 0.6) is 0 Å². The van der Waals surface area contributed by atoms with E-state index >= 15 is 0 Å². The molecule has 90 valence electrons. The molecule has 0 aliphatic heterocycles. The zero-order valence-corrected chi connectivity index (χ0v) is 11.1. The van der Waals surface area contributed by atoms with Gasteiger partial charge in [-0.25, -0.2) is 0 Å². The lowest BCUT2D eigenvalue weighted by Gasteiger charge is -2.29. The lowest BCUT2D eigenvalue weighted by atomic mass is 9.86. The Bertz CT molecular complexity index is 327. The van der Waals surface area contributed by atoms with E-state index in [1.54, 1.807) is 11.3 Å². The van der Waals surface area contributed by atoms with Crippen molar-refractivity contribution >= 4 is 17.3 Å². The third kappa shape index (κ3) is 3.61. The molecule has 0 aromatic carbocycles. The maximum atomic E-state index is 11.6. The van der Waals surface area contributed by atoms with Gasteiger partial charge in [0.15, 0.2) is 0 Å². The summed E-state index contributed by atoms with van der Waals surface area (Å²) in [5.74, 6) is -0.206. The largest absolute Gasteiger partial charge is 0.468 e. The topological polar surface area (TPSA) is 38.3 Å². The molecular weight excluding hydrogens is 222 g/mol. The van der Waals surface area contributed by atoms with Crippen LogP contribution in [0.25, 0.3) is 0 Å². The molecule has 1 rings (SSSR count). The summed E-state index contributed by atoms with van der Waals surface area (Å²) < 4.78 is 4.81. The fourth-order valence-electron chi connectivity index (χ4n) is 1.47. The van der Waals surface area contributed by atoms with Crippen molar-refractivity contribution in [3.05, 3.63) is 22.4 Å². The Kier molecular flexibility index (Phi) is 4.50. The van der Waals surface area contributed by atoms with E-state index in [2.05, 4.69) is 16.8 Å². The second-order valence-corrected chi connectivity index (χ2v) is 5.61. The van der Waals surface area contributed by atoms with Gasteiger partial charge < -0.3 is 4.74 Å². The summed E-state index contributed by atoms with van der Waals surface area (Å²) in [5.41, 5.74) is 1.05. The van der Waals surface area contributed by atoms with Gasteiger partial charge in [0, 0.05) is 6.54 Å². The van der Waals surface area contributed by atoms with Gasteiger partial charge >= 0.3 is 5.97 Å². The van der Waals surface area contributed by atoms with Crippen molar-refractivity contribution in [2.45, 2.75) is 33.4 Å². The molecule has 0 saturated carbocycles. The molecule has 0 saturated heterocycles. The first kappa shape index (κ1) is 13.2. The lowest BCUT2D eigenvalue weighted by molar-refractivity contribution is -0.146. The van der Waals surface area contributed by atoms with Gasteiger partial charge in [0.05, 0.1) is 7.11 Å². The van der Waals surface area contributed by atoms with E-state index < -0.39 is 0 Å². The Morgan fingerprint density at radius 1 is 1.56 bits per heavy atom. The van der Waals surface area contributed by atoms with Gasteiger partial charge in [-0.2, -0.15) is 11.3 Å². The zero-order valence-electron chi connectivity index (χ0n) is 10.2. The van der Waals surface area contributed by atoms with Gasteiger partial charge in [-0.15, -0.1) is 0 Å². The molecule has 1 aromatic heterocycles. The normalized spacial score (nSPS) is 13.5. The highest BCUT2D eigenvalue weighted by molar-refractivity contribution is 7.07. The monoisotopic (exact) mass is 241 g/mol. The molecule has 0 aliphatic carbocycles. The predicted octanol–water partition coefficient (Wildman–Crippen LogP) is 2.43. The SMILES string of the molecule is COC(=O)C(NCc1ccsc1)C(C)(C)C. The predicted molar refractivity (Wildman–Crippen MR) is 66.4 cm³/mol. The van der Waals surface area contributed by atoms with Crippen molar-refractivity contribution < 1.29 is 9.53 Å². The zero-order chi connectivity index (χ0) is 12.2. The molecule has 0 amide bonds. The molecule has 0 spiro atoms. The molecular formula is C12H19NO2S. The molecule has 1 unspecified atom stereocenters. The highest BCUT2D eigenvalue weighted by Gasteiger charge is 2.31. The van der Waals surface area contributed by atoms with Crippen LogP contribution < -0.4 is 5.32 Å². The number of thiophene rings is 1. The van der Waals surface area contributed by atoms with E-state index in [1.165, 1.54) is 12.7 Å². The van der Waals surface area contributed by atoms with Gasteiger partial charge in [0.1, 0.15) is 6.04 Å². The second kappa shape index (κ2) is 5.46. The maximum absolute atomic E-state index is 11.6. The third-order valence-corrected chi connectivity index (χ3v) is 3.13. The molecule has 0 radical (unpaired) electrons. The molecule has 3 nitrogen and oxygen atoms in total. The smallest absolute Gasteiger partial charge is 0.323 e. The Hall–Kier alpha value is -0.870. The number of rotatable bonds is 4. The Balaban J connectivity index is 2.61. The average molecular weight is 241 g/mol. The first-order valence-electron chi connectivity index (χ1n) is 5.27. The molecule has 0 fully saturated rings. The fourth-order valence-corrected chi connectivity index (χ4v) is 2.14. The Morgan fingerprint density at radius 2 is 2.25 bits per heavy atom. The summed E-state index contributed by atoms with van der Waals surface area (Å²) in [5, 5.41) is 7.35. The van der Waals surface area contributed by atoms with Crippen LogP contribution >= 0.6 is 11.3 Å². The fraction of sp³-hybridized carbons (Fsp3) is 0.583. The van der Waals surface area contributed by atoms with Crippen LogP contribution in [0.3, 0.4) is 0 Å². The van der Waals surface area contributed by atoms with Gasteiger partial charge in [0.25, 0.3) is 0 Å². The van der Waals surface area contributed by atoms with Crippen LogP contribution in [0, 0.1) is 5.41 Å². The lowest BCUT2D eigenvalue weighted by Crippen LogP contribution is -2.46. The van der Waals surface area contributed by atoms with Crippen LogP contribution in [0.15, 0.2) is 16.8 Å². The van der Waals surface area contributed by atoms with E-state index in [1.807, 2.05) is 26.2 Å². The Morgan fingerprint density at radius 3 is 2.69 bits per heavy atom. The number of esters is 1. The van der Waals surface area contributed by atoms with Crippen LogP contribution in [0.1, 0.15) is 26.3 Å². The van der Waals surface area contributed by atoms with Gasteiger partial charge in [-0.1, -0.05) is 20.8 Å². The van der Waals surface area contributed by atoms with Crippen molar-refractivity contribution in [3.63, 3.8) is 0 Å². The standard InChI is InChI=1S/C12H19NO2S/c1-12(2,3)10(11(14)15-4)13-7-9-5-6-16-8-9/h5-6,8,10,13H,7H2,1-4H3. The quantitative estimate of drug-likeness (QED) is 0.823. The van der Waals surface area contributed by atoms with Crippen molar-refractivity contribution in [2.24, 2.45) is 5.41 Å². The van der Waals surface area contributed by atoms with Crippen LogP contribution in [-0.4, -0.2) is 19.1 Å². The number of nitrogens with one attached hydrogen (secondary N) is 1. The molecule has 16 heavy (non-hydrogen) atoms. The number of hydrogen-bond donors (Lipinski definition) is 1. The minimum Gasteiger partial charge on any atom is -0.468 e. The minimum absolute atomic E-state index is 0.150. The molecule has 4 heteroatoms. The Labute approximate surface area is 101 Å². The van der Waals surface area contributed by atoms with Crippen molar-refractivity contribution in [1.29, 1.82) is 0 Å². The first-order chi connectivity index (χ1) is 7.45. The van der Waals surface area contributed by atoms with Gasteiger partial charge in [-0.05, 0) is 27.8 Å². The molecule has 1 heterocycles. The maximum Gasteiger partial charge on any atom is 0.323 e. The molecule has 0 aliphatic rings. The highest BCUT2D eigenvalue weighted by atomic mass is 32.1. The summed E-state index contributed by atoms with van der Waals surface area (Å²) in [6, 6.07) is 1.77. The number of methoxy groups -OCH3 is 1. The molecule has 1 N–H and O–H groups in total. The number of hydrogen-bond acceptors (Lipinski definition) is 4. The number of carbonyl (C=O) groups is 1. The van der Waals surface area contributed by atoms with Crippen molar-refractivity contribution in [1.82, 2.24) is 5.32 Å². The van der Waals surface area contributed by atoms with Crippen LogP contribution in [0.2, 0.25) is 0 Å². The van der Waals surface area contributed by atoms with E-state index in [0.717, 1.165) is 0 Å². The first-order valence-corrected chi connectivity index (χ1v) is 6.21. The third-order valence-electron chi connectivity index (χ3n) is 2.39. The number of ether oxygens (including phenoxy) is 1. The number of carbonyl (C=O) groups excluding carboxylic acids is 1. The average Bonchev–Trinajstić information content (AvgIpc) is 2.68. The summed E-state index contributed by atoms with van der Waals surface area (Å²) in [7, 11) is 1.42. The minimum atomic E-state index is -0.280. The second-order valence-electron chi connectivity index (χ2n) is 4.83. The summed E-state index contributed by atoms with van der Waals surface area (Å²) >= 11 is 1.66. The summed E-state index contributed by atoms with van der Waals surface area (Å²) in [6.07, 6.45) is 0. The highest BCUT2D eigenvalue weighted by Crippen LogP contribution is 2.21. The molecule has 1 aromatic rings. The van der Waals surface area contributed by atoms with E-state index in [0.29, 0.717) is 6.54 Å². The summed E-state index contributed by atoms with van der Waals surface area (Å²) in [6.45, 7) is 6.76. The van der Waals surface area contributed by atoms with Crippen molar-refractivity contribution in [3.8, 4) is 0 Å². The van der Waals surface area contributed by atoms with E-state index in [4.69, 9.17) is 4.74 Å².